The average Bonchev–Trinajstić information content (AvgIpc) is 3.14. The van der Waals surface area contributed by atoms with Crippen LogP contribution in [0, 0.1) is 0 Å². The highest BCUT2D eigenvalue weighted by molar-refractivity contribution is 8.00. The highest BCUT2D eigenvalue weighted by Crippen LogP contribution is 2.40. The molecule has 7 nitrogen and oxygen atoms in total. The highest BCUT2D eigenvalue weighted by atomic mass is 32.2. The molecule has 0 spiro atoms. The fourth-order valence-corrected chi connectivity index (χ4v) is 3.51. The molecule has 8 heteroatoms. The smallest absolute Gasteiger partial charge is 0.238 e. The number of thioether (sulfide) groups is 1. The zero-order valence-electron chi connectivity index (χ0n) is 14.6. The van der Waals surface area contributed by atoms with Crippen LogP contribution in [0.3, 0.4) is 0 Å². The Morgan fingerprint density at radius 1 is 1.38 bits per heavy atom. The summed E-state index contributed by atoms with van der Waals surface area (Å²) in [6, 6.07) is 2.01. The maximum Gasteiger partial charge on any atom is 0.238 e. The number of carbonyl (C=O) groups is 1. The van der Waals surface area contributed by atoms with Crippen molar-refractivity contribution in [1.82, 2.24) is 24.5 Å². The minimum Gasteiger partial charge on any atom is -0.310 e. The summed E-state index contributed by atoms with van der Waals surface area (Å²) in [4.78, 5) is 12.5. The van der Waals surface area contributed by atoms with Crippen molar-refractivity contribution in [2.75, 3.05) is 5.32 Å². The second kappa shape index (κ2) is 6.96. The number of hydrogen-bond donors (Lipinski definition) is 1. The van der Waals surface area contributed by atoms with Gasteiger partial charge in [-0.25, -0.2) is 4.68 Å². The number of amides is 1. The fraction of sp³-hybridized carbons (Fsp3) is 0.625. The molecule has 1 amide bonds. The topological polar surface area (TPSA) is 77.6 Å². The van der Waals surface area contributed by atoms with Gasteiger partial charge in [0, 0.05) is 24.6 Å². The highest BCUT2D eigenvalue weighted by Gasteiger charge is 2.30. The van der Waals surface area contributed by atoms with Crippen LogP contribution in [0.15, 0.2) is 17.4 Å². The summed E-state index contributed by atoms with van der Waals surface area (Å²) < 4.78 is 3.93. The summed E-state index contributed by atoms with van der Waals surface area (Å²) in [5, 5.41) is 16.4. The van der Waals surface area contributed by atoms with Gasteiger partial charge in [0.1, 0.15) is 11.6 Å². The van der Waals surface area contributed by atoms with Crippen LogP contribution in [0.2, 0.25) is 0 Å². The summed E-state index contributed by atoms with van der Waals surface area (Å²) >= 11 is 1.45. The summed E-state index contributed by atoms with van der Waals surface area (Å²) in [6.45, 7) is 8.87. The minimum atomic E-state index is -0.262. The molecule has 0 saturated heterocycles. The normalized spacial score (nSPS) is 15.7. The molecule has 1 aliphatic carbocycles. The molecule has 1 aliphatic rings. The Hall–Kier alpha value is -1.83. The number of rotatable bonds is 7. The van der Waals surface area contributed by atoms with Crippen molar-refractivity contribution in [1.29, 1.82) is 0 Å². The summed E-state index contributed by atoms with van der Waals surface area (Å²) in [5.74, 6) is 2.28. The maximum atomic E-state index is 12.5. The largest absolute Gasteiger partial charge is 0.310 e. The molecule has 1 fully saturated rings. The first-order valence-corrected chi connectivity index (χ1v) is 9.33. The van der Waals surface area contributed by atoms with Crippen LogP contribution in [0.1, 0.15) is 58.3 Å². The molecule has 24 heavy (non-hydrogen) atoms. The minimum absolute atomic E-state index is 0.0546. The number of nitrogens with zero attached hydrogens (tertiary/aromatic N) is 5. The lowest BCUT2D eigenvalue weighted by Crippen LogP contribution is -2.25. The molecule has 1 atom stereocenters. The van der Waals surface area contributed by atoms with Crippen molar-refractivity contribution in [2.24, 2.45) is 0 Å². The maximum absolute atomic E-state index is 12.5. The van der Waals surface area contributed by atoms with Crippen LogP contribution in [0.5, 0.6) is 0 Å². The second-order valence-electron chi connectivity index (χ2n) is 6.36. The Bertz CT molecular complexity index is 718. The zero-order chi connectivity index (χ0) is 17.3. The molecule has 1 saturated carbocycles. The van der Waals surface area contributed by atoms with E-state index >= 15 is 0 Å². The lowest BCUT2D eigenvalue weighted by Gasteiger charge is -2.15. The van der Waals surface area contributed by atoms with E-state index in [2.05, 4.69) is 32.1 Å². The van der Waals surface area contributed by atoms with Gasteiger partial charge in [-0.3, -0.25) is 4.79 Å². The third kappa shape index (κ3) is 3.48. The van der Waals surface area contributed by atoms with Crippen molar-refractivity contribution >= 4 is 23.5 Å². The van der Waals surface area contributed by atoms with Gasteiger partial charge < -0.3 is 9.88 Å². The predicted octanol–water partition coefficient (Wildman–Crippen LogP) is 3.07. The SMILES string of the molecule is CCn1c(S[C@@H](C)C(=O)Nc2ccnn2C(C)C)nnc1C1CC1. The van der Waals surface area contributed by atoms with Gasteiger partial charge in [-0.1, -0.05) is 11.8 Å². The molecular weight excluding hydrogens is 324 g/mol. The number of nitrogens with one attached hydrogen (secondary N) is 1. The molecule has 2 heterocycles. The third-order valence-electron chi connectivity index (χ3n) is 4.07. The monoisotopic (exact) mass is 348 g/mol. The summed E-state index contributed by atoms with van der Waals surface area (Å²) in [7, 11) is 0. The van der Waals surface area contributed by atoms with Crippen molar-refractivity contribution in [3.8, 4) is 0 Å². The molecule has 2 aromatic rings. The molecule has 0 aliphatic heterocycles. The third-order valence-corrected chi connectivity index (χ3v) is 5.15. The van der Waals surface area contributed by atoms with Crippen molar-refractivity contribution in [3.05, 3.63) is 18.1 Å². The van der Waals surface area contributed by atoms with E-state index < -0.39 is 0 Å². The van der Waals surface area contributed by atoms with Crippen LogP contribution in [-0.4, -0.2) is 35.7 Å². The molecule has 3 rings (SSSR count). The molecule has 0 unspecified atom stereocenters. The number of anilines is 1. The first-order valence-electron chi connectivity index (χ1n) is 8.45. The van der Waals surface area contributed by atoms with E-state index in [1.54, 1.807) is 10.9 Å². The molecule has 0 bridgehead atoms. The van der Waals surface area contributed by atoms with Crippen LogP contribution in [-0.2, 0) is 11.3 Å². The summed E-state index contributed by atoms with van der Waals surface area (Å²) in [5.41, 5.74) is 0. The number of carbonyl (C=O) groups excluding carboxylic acids is 1. The van der Waals surface area contributed by atoms with Crippen molar-refractivity contribution < 1.29 is 4.79 Å². The molecular formula is C16H24N6OS. The Morgan fingerprint density at radius 2 is 2.12 bits per heavy atom. The quantitative estimate of drug-likeness (QED) is 0.778. The number of hydrogen-bond acceptors (Lipinski definition) is 5. The lowest BCUT2D eigenvalue weighted by molar-refractivity contribution is -0.115. The van der Waals surface area contributed by atoms with Gasteiger partial charge in [0.05, 0.1) is 11.4 Å². The Balaban J connectivity index is 1.67. The second-order valence-corrected chi connectivity index (χ2v) is 7.67. The molecule has 1 N–H and O–H groups in total. The zero-order valence-corrected chi connectivity index (χ0v) is 15.4. The summed E-state index contributed by atoms with van der Waals surface area (Å²) in [6.07, 6.45) is 4.08. The van der Waals surface area contributed by atoms with E-state index in [0.29, 0.717) is 5.92 Å². The van der Waals surface area contributed by atoms with Crippen LogP contribution >= 0.6 is 11.8 Å². The molecule has 0 radical (unpaired) electrons. The predicted molar refractivity (Wildman–Crippen MR) is 94.2 cm³/mol. The van der Waals surface area contributed by atoms with Crippen molar-refractivity contribution in [2.45, 2.75) is 69.4 Å². The van der Waals surface area contributed by atoms with E-state index in [9.17, 15) is 4.79 Å². The van der Waals surface area contributed by atoms with Gasteiger partial charge in [-0.05, 0) is 40.5 Å². The fourth-order valence-electron chi connectivity index (χ4n) is 2.59. The van der Waals surface area contributed by atoms with Gasteiger partial charge in [0.15, 0.2) is 5.16 Å². The van der Waals surface area contributed by atoms with E-state index in [4.69, 9.17) is 0 Å². The Morgan fingerprint density at radius 3 is 2.75 bits per heavy atom. The van der Waals surface area contributed by atoms with Gasteiger partial charge >= 0.3 is 0 Å². The van der Waals surface area contributed by atoms with Crippen LogP contribution in [0.4, 0.5) is 5.82 Å². The van der Waals surface area contributed by atoms with Gasteiger partial charge in [-0.2, -0.15) is 5.10 Å². The average molecular weight is 348 g/mol. The Kier molecular flexibility index (Phi) is 4.93. The van der Waals surface area contributed by atoms with E-state index in [1.807, 2.05) is 26.8 Å². The van der Waals surface area contributed by atoms with Gasteiger partial charge in [0.2, 0.25) is 5.91 Å². The van der Waals surface area contributed by atoms with Crippen LogP contribution < -0.4 is 5.32 Å². The standard InChI is InChI=1S/C16H24N6OS/c1-5-21-14(12-6-7-12)19-20-16(21)24-11(4)15(23)18-13-8-9-17-22(13)10(2)3/h8-12H,5-7H2,1-4H3,(H,18,23)/t11-/m0/s1. The lowest BCUT2D eigenvalue weighted by atomic mass is 10.4. The van der Waals surface area contributed by atoms with E-state index in [0.717, 1.165) is 23.3 Å². The van der Waals surface area contributed by atoms with Gasteiger partial charge in [-0.15, -0.1) is 10.2 Å². The van der Waals surface area contributed by atoms with Gasteiger partial charge in [0.25, 0.3) is 0 Å². The molecule has 0 aromatic carbocycles. The first kappa shape index (κ1) is 17.0. The van der Waals surface area contributed by atoms with E-state index in [-0.39, 0.29) is 17.2 Å². The van der Waals surface area contributed by atoms with Crippen molar-refractivity contribution in [3.63, 3.8) is 0 Å². The van der Waals surface area contributed by atoms with Crippen LogP contribution in [0.25, 0.3) is 0 Å². The number of aromatic nitrogens is 5. The van der Waals surface area contributed by atoms with E-state index in [1.165, 1.54) is 24.6 Å². The Labute approximate surface area is 146 Å². The molecule has 130 valence electrons. The molecule has 2 aromatic heterocycles. The first-order chi connectivity index (χ1) is 11.5.